The van der Waals surface area contributed by atoms with Gasteiger partial charge < -0.3 is 4.74 Å². The van der Waals surface area contributed by atoms with Gasteiger partial charge in [0.25, 0.3) is 0 Å². The van der Waals surface area contributed by atoms with E-state index in [9.17, 15) is 8.42 Å². The number of sulfonamides is 1. The monoisotopic (exact) mass is 347 g/mol. The van der Waals surface area contributed by atoms with Crippen molar-refractivity contribution in [1.82, 2.24) is 4.72 Å². The van der Waals surface area contributed by atoms with Crippen molar-refractivity contribution >= 4 is 26.0 Å². The van der Waals surface area contributed by atoms with Crippen molar-refractivity contribution in [3.05, 3.63) is 28.2 Å². The summed E-state index contributed by atoms with van der Waals surface area (Å²) in [5, 5.41) is 0. The van der Waals surface area contributed by atoms with Gasteiger partial charge in [-0.1, -0.05) is 22.0 Å². The normalized spacial score (nSPS) is 27.7. The first-order valence-electron chi connectivity index (χ1n) is 6.16. The fourth-order valence-corrected chi connectivity index (χ4v) is 4.47. The van der Waals surface area contributed by atoms with Crippen LogP contribution in [0.2, 0.25) is 0 Å². The summed E-state index contributed by atoms with van der Waals surface area (Å²) >= 11 is 3.31. The highest BCUT2D eigenvalue weighted by molar-refractivity contribution is 9.10. The van der Waals surface area contributed by atoms with Gasteiger partial charge in [-0.15, -0.1) is 0 Å². The lowest BCUT2D eigenvalue weighted by atomic mass is 9.97. The van der Waals surface area contributed by atoms with E-state index in [2.05, 4.69) is 20.7 Å². The maximum atomic E-state index is 12.5. The summed E-state index contributed by atoms with van der Waals surface area (Å²) in [7, 11) is -3.55. The van der Waals surface area contributed by atoms with Crippen molar-refractivity contribution < 1.29 is 13.2 Å². The largest absolute Gasteiger partial charge is 0.376 e. The number of ether oxygens (including phenoxy) is 1. The van der Waals surface area contributed by atoms with Crippen LogP contribution in [0.5, 0.6) is 0 Å². The molecule has 2 unspecified atom stereocenters. The molecule has 0 bridgehead atoms. The molecule has 1 N–H and O–H groups in total. The molecule has 1 aliphatic rings. The third-order valence-corrected chi connectivity index (χ3v) is 5.94. The van der Waals surface area contributed by atoms with Crippen LogP contribution < -0.4 is 4.72 Å². The highest BCUT2D eigenvalue weighted by Crippen LogP contribution is 2.28. The first kappa shape index (κ1) is 15.0. The van der Waals surface area contributed by atoms with E-state index in [0.717, 1.165) is 10.0 Å². The minimum atomic E-state index is -3.55. The highest BCUT2D eigenvalue weighted by Gasteiger charge is 2.40. The Hall–Kier alpha value is -0.430. The molecule has 6 heteroatoms. The Kier molecular flexibility index (Phi) is 4.07. The molecule has 1 heterocycles. The van der Waals surface area contributed by atoms with Crippen LogP contribution in [0.4, 0.5) is 0 Å². The number of hydrogen-bond acceptors (Lipinski definition) is 3. The summed E-state index contributed by atoms with van der Waals surface area (Å²) in [5.41, 5.74) is 0.180. The SMILES string of the molecule is Cc1ccc(Br)cc1S(=O)(=O)NC1(C)CCOC1C. The maximum Gasteiger partial charge on any atom is 0.241 e. The molecule has 1 fully saturated rings. The third kappa shape index (κ3) is 3.02. The highest BCUT2D eigenvalue weighted by atomic mass is 79.9. The summed E-state index contributed by atoms with van der Waals surface area (Å²) in [6.45, 7) is 6.15. The lowest BCUT2D eigenvalue weighted by molar-refractivity contribution is 0.0957. The molecule has 0 radical (unpaired) electrons. The molecular weight excluding hydrogens is 330 g/mol. The number of benzene rings is 1. The Morgan fingerprint density at radius 1 is 1.47 bits per heavy atom. The van der Waals surface area contributed by atoms with Gasteiger partial charge in [0.15, 0.2) is 0 Å². The molecule has 0 saturated carbocycles. The molecule has 19 heavy (non-hydrogen) atoms. The fourth-order valence-electron chi connectivity index (χ4n) is 2.19. The van der Waals surface area contributed by atoms with Crippen LogP contribution >= 0.6 is 15.9 Å². The Bertz CT molecular complexity index is 588. The number of aryl methyl sites for hydroxylation is 1. The average molecular weight is 348 g/mol. The van der Waals surface area contributed by atoms with Gasteiger partial charge in [-0.25, -0.2) is 13.1 Å². The van der Waals surface area contributed by atoms with Gasteiger partial charge >= 0.3 is 0 Å². The van der Waals surface area contributed by atoms with Gasteiger partial charge in [-0.3, -0.25) is 0 Å². The smallest absolute Gasteiger partial charge is 0.241 e. The molecule has 0 aliphatic carbocycles. The summed E-state index contributed by atoms with van der Waals surface area (Å²) in [5.74, 6) is 0. The molecule has 4 nitrogen and oxygen atoms in total. The number of halogens is 1. The predicted octanol–water partition coefficient (Wildman–Crippen LogP) is 2.60. The molecule has 0 aromatic heterocycles. The van der Waals surface area contributed by atoms with E-state index in [4.69, 9.17) is 4.74 Å². The Morgan fingerprint density at radius 3 is 2.74 bits per heavy atom. The van der Waals surface area contributed by atoms with Crippen molar-refractivity contribution in [1.29, 1.82) is 0 Å². The van der Waals surface area contributed by atoms with Crippen molar-refractivity contribution in [3.8, 4) is 0 Å². The average Bonchev–Trinajstić information content (AvgIpc) is 2.61. The molecule has 0 amide bonds. The van der Waals surface area contributed by atoms with E-state index in [1.54, 1.807) is 19.1 Å². The first-order valence-corrected chi connectivity index (χ1v) is 8.44. The lowest BCUT2D eigenvalue weighted by Crippen LogP contribution is -2.50. The van der Waals surface area contributed by atoms with Gasteiger partial charge in [0.2, 0.25) is 10.0 Å². The van der Waals surface area contributed by atoms with Crippen LogP contribution in [0.15, 0.2) is 27.6 Å². The molecule has 1 aromatic rings. The van der Waals surface area contributed by atoms with E-state index in [1.807, 2.05) is 19.9 Å². The van der Waals surface area contributed by atoms with Crippen molar-refractivity contribution in [3.63, 3.8) is 0 Å². The fraction of sp³-hybridized carbons (Fsp3) is 0.538. The zero-order valence-electron chi connectivity index (χ0n) is 11.2. The quantitative estimate of drug-likeness (QED) is 0.914. The molecule has 1 aromatic carbocycles. The molecule has 1 aliphatic heterocycles. The van der Waals surface area contributed by atoms with Crippen LogP contribution in [0, 0.1) is 6.92 Å². The van der Waals surface area contributed by atoms with E-state index in [1.165, 1.54) is 0 Å². The van der Waals surface area contributed by atoms with Gasteiger partial charge in [-0.05, 0) is 44.9 Å². The van der Waals surface area contributed by atoms with E-state index < -0.39 is 15.6 Å². The topological polar surface area (TPSA) is 55.4 Å². The molecule has 0 spiro atoms. The Labute approximate surface area is 122 Å². The summed E-state index contributed by atoms with van der Waals surface area (Å²) in [4.78, 5) is 0.308. The van der Waals surface area contributed by atoms with Gasteiger partial charge in [-0.2, -0.15) is 0 Å². The third-order valence-electron chi connectivity index (χ3n) is 3.69. The Morgan fingerprint density at radius 2 is 2.16 bits per heavy atom. The van der Waals surface area contributed by atoms with Crippen molar-refractivity contribution in [2.45, 2.75) is 43.7 Å². The van der Waals surface area contributed by atoms with Gasteiger partial charge in [0.05, 0.1) is 16.5 Å². The minimum Gasteiger partial charge on any atom is -0.376 e. The zero-order chi connectivity index (χ0) is 14.3. The lowest BCUT2D eigenvalue weighted by Gasteiger charge is -2.28. The van der Waals surface area contributed by atoms with Crippen LogP contribution in [-0.2, 0) is 14.8 Å². The number of hydrogen-bond donors (Lipinski definition) is 1. The number of nitrogens with one attached hydrogen (secondary N) is 1. The molecule has 106 valence electrons. The van der Waals surface area contributed by atoms with Crippen LogP contribution in [0.1, 0.15) is 25.8 Å². The van der Waals surface area contributed by atoms with Crippen molar-refractivity contribution in [2.24, 2.45) is 0 Å². The second kappa shape index (κ2) is 5.16. The van der Waals surface area contributed by atoms with Gasteiger partial charge in [0, 0.05) is 11.1 Å². The second-order valence-corrected chi connectivity index (χ2v) is 7.76. The van der Waals surface area contributed by atoms with E-state index >= 15 is 0 Å². The number of rotatable bonds is 3. The molecular formula is C13H18BrNO3S. The Balaban J connectivity index is 2.35. The molecule has 2 rings (SSSR count). The summed E-state index contributed by atoms with van der Waals surface area (Å²) < 4.78 is 34.1. The molecule has 2 atom stereocenters. The standard InChI is InChI=1S/C13H18BrNO3S/c1-9-4-5-11(14)8-12(9)19(16,17)15-13(3)6-7-18-10(13)2/h4-5,8,10,15H,6-7H2,1-3H3. The predicted molar refractivity (Wildman–Crippen MR) is 77.6 cm³/mol. The maximum absolute atomic E-state index is 12.5. The van der Waals surface area contributed by atoms with Crippen LogP contribution in [0.3, 0.4) is 0 Å². The first-order chi connectivity index (χ1) is 8.74. The van der Waals surface area contributed by atoms with Crippen LogP contribution in [-0.4, -0.2) is 26.7 Å². The van der Waals surface area contributed by atoms with Gasteiger partial charge in [0.1, 0.15) is 0 Å². The second-order valence-electron chi connectivity index (χ2n) is 5.20. The zero-order valence-corrected chi connectivity index (χ0v) is 13.6. The van der Waals surface area contributed by atoms with Crippen LogP contribution in [0.25, 0.3) is 0 Å². The molecule has 1 saturated heterocycles. The minimum absolute atomic E-state index is 0.130. The summed E-state index contributed by atoms with van der Waals surface area (Å²) in [6.07, 6.45) is 0.551. The van der Waals surface area contributed by atoms with E-state index in [0.29, 0.717) is 17.9 Å². The van der Waals surface area contributed by atoms with Crippen molar-refractivity contribution in [2.75, 3.05) is 6.61 Å². The summed E-state index contributed by atoms with van der Waals surface area (Å²) in [6, 6.07) is 5.24. The van der Waals surface area contributed by atoms with E-state index in [-0.39, 0.29) is 6.10 Å².